The Morgan fingerprint density at radius 1 is 1.06 bits per heavy atom. The number of benzene rings is 2. The Morgan fingerprint density at radius 2 is 1.79 bits per heavy atom. The van der Waals surface area contributed by atoms with Crippen molar-refractivity contribution < 1.29 is 14.7 Å². The highest BCUT2D eigenvalue weighted by molar-refractivity contribution is 5.97. The van der Waals surface area contributed by atoms with Gasteiger partial charge in [0.15, 0.2) is 0 Å². The van der Waals surface area contributed by atoms with Gasteiger partial charge in [-0.3, -0.25) is 14.6 Å². The van der Waals surface area contributed by atoms with Crippen LogP contribution in [0.15, 0.2) is 60.9 Å². The number of rotatable bonds is 8. The highest BCUT2D eigenvalue weighted by Crippen LogP contribution is 2.39. The topological polar surface area (TPSA) is 79.3 Å². The van der Waals surface area contributed by atoms with Crippen molar-refractivity contribution in [1.82, 2.24) is 4.98 Å². The number of carbonyl (C=O) groups excluding carboxylic acids is 1. The summed E-state index contributed by atoms with van der Waals surface area (Å²) in [5, 5.41) is 12.2. The monoisotopic (exact) mass is 456 g/mol. The van der Waals surface area contributed by atoms with E-state index in [9.17, 15) is 9.59 Å². The molecule has 0 spiro atoms. The molecule has 1 aromatic heterocycles. The van der Waals surface area contributed by atoms with E-state index in [4.69, 9.17) is 5.11 Å². The molecule has 34 heavy (non-hydrogen) atoms. The van der Waals surface area contributed by atoms with Crippen LogP contribution in [0, 0.1) is 19.8 Å². The molecule has 1 amide bonds. The third-order valence-corrected chi connectivity index (χ3v) is 7.09. The fourth-order valence-corrected chi connectivity index (χ4v) is 5.11. The summed E-state index contributed by atoms with van der Waals surface area (Å²) in [7, 11) is 0. The molecule has 1 saturated carbocycles. The lowest BCUT2D eigenvalue weighted by atomic mass is 9.83. The number of nitrogens with zero attached hydrogens (tertiary/aromatic N) is 1. The summed E-state index contributed by atoms with van der Waals surface area (Å²) in [6, 6.07) is 16.1. The summed E-state index contributed by atoms with van der Waals surface area (Å²) in [5.41, 5.74) is 7.06. The average Bonchev–Trinajstić information content (AvgIpc) is 3.35. The number of carboxylic acid groups (broad SMARTS) is 1. The van der Waals surface area contributed by atoms with Crippen molar-refractivity contribution in [2.75, 3.05) is 5.32 Å². The van der Waals surface area contributed by atoms with Crippen molar-refractivity contribution in [3.63, 3.8) is 0 Å². The maximum absolute atomic E-state index is 13.6. The highest BCUT2D eigenvalue weighted by Gasteiger charge is 2.32. The molecule has 0 saturated heterocycles. The SMILES string of the molecule is Cc1ccncc1-c1ccc(C(C(=O)Nc2cccc(CCC(=O)O)c2C)C2CCCC2)cc1. The maximum atomic E-state index is 13.6. The second kappa shape index (κ2) is 10.6. The Labute approximate surface area is 201 Å². The molecule has 1 atom stereocenters. The van der Waals surface area contributed by atoms with Gasteiger partial charge >= 0.3 is 5.97 Å². The summed E-state index contributed by atoms with van der Waals surface area (Å²) in [6.45, 7) is 4.02. The molecule has 1 fully saturated rings. The molecule has 2 N–H and O–H groups in total. The van der Waals surface area contributed by atoms with E-state index in [1.54, 1.807) is 6.20 Å². The predicted octanol–water partition coefficient (Wildman–Crippen LogP) is 6.30. The minimum absolute atomic E-state index is 0.00990. The second-order valence-corrected chi connectivity index (χ2v) is 9.31. The maximum Gasteiger partial charge on any atom is 0.303 e. The number of carboxylic acids is 1. The van der Waals surface area contributed by atoms with Crippen LogP contribution in [0.25, 0.3) is 11.1 Å². The van der Waals surface area contributed by atoms with Gasteiger partial charge in [0.2, 0.25) is 5.91 Å². The molecule has 0 radical (unpaired) electrons. The van der Waals surface area contributed by atoms with E-state index in [0.29, 0.717) is 12.3 Å². The number of aryl methyl sites for hydroxylation is 2. The van der Waals surface area contributed by atoms with Crippen LogP contribution in [0.3, 0.4) is 0 Å². The number of hydrogen-bond donors (Lipinski definition) is 2. The fourth-order valence-electron chi connectivity index (χ4n) is 5.11. The van der Waals surface area contributed by atoms with Crippen LogP contribution in [0.1, 0.15) is 60.3 Å². The summed E-state index contributed by atoms with van der Waals surface area (Å²) >= 11 is 0. The van der Waals surface area contributed by atoms with E-state index in [1.807, 2.05) is 37.4 Å². The van der Waals surface area contributed by atoms with Crippen molar-refractivity contribution in [2.24, 2.45) is 5.92 Å². The number of amides is 1. The number of aliphatic carboxylic acids is 1. The predicted molar refractivity (Wildman–Crippen MR) is 135 cm³/mol. The van der Waals surface area contributed by atoms with E-state index in [2.05, 4.69) is 41.5 Å². The van der Waals surface area contributed by atoms with Crippen LogP contribution >= 0.6 is 0 Å². The zero-order valence-corrected chi connectivity index (χ0v) is 19.9. The van der Waals surface area contributed by atoms with Gasteiger partial charge in [-0.05, 0) is 79.0 Å². The highest BCUT2D eigenvalue weighted by atomic mass is 16.4. The van der Waals surface area contributed by atoms with Gasteiger partial charge in [-0.2, -0.15) is 0 Å². The summed E-state index contributed by atoms with van der Waals surface area (Å²) < 4.78 is 0. The van der Waals surface area contributed by atoms with Gasteiger partial charge in [-0.1, -0.05) is 49.2 Å². The first-order valence-corrected chi connectivity index (χ1v) is 12.1. The first-order valence-electron chi connectivity index (χ1n) is 12.1. The normalized spacial score (nSPS) is 14.6. The van der Waals surface area contributed by atoms with Gasteiger partial charge in [-0.25, -0.2) is 0 Å². The zero-order chi connectivity index (χ0) is 24.1. The van der Waals surface area contributed by atoms with E-state index in [-0.39, 0.29) is 18.2 Å². The summed E-state index contributed by atoms with van der Waals surface area (Å²) in [4.78, 5) is 28.9. The molecule has 0 aliphatic heterocycles. The van der Waals surface area contributed by atoms with Crippen LogP contribution in [0.5, 0.6) is 0 Å². The molecule has 1 aliphatic rings. The van der Waals surface area contributed by atoms with Gasteiger partial charge in [0.1, 0.15) is 0 Å². The van der Waals surface area contributed by atoms with Crippen molar-refractivity contribution in [3.05, 3.63) is 83.2 Å². The molecule has 1 unspecified atom stereocenters. The minimum Gasteiger partial charge on any atom is -0.481 e. The largest absolute Gasteiger partial charge is 0.481 e. The third-order valence-electron chi connectivity index (χ3n) is 7.09. The lowest BCUT2D eigenvalue weighted by molar-refractivity contribution is -0.137. The van der Waals surface area contributed by atoms with Gasteiger partial charge < -0.3 is 10.4 Å². The lowest BCUT2D eigenvalue weighted by Crippen LogP contribution is -2.27. The molecule has 1 aliphatic carbocycles. The van der Waals surface area contributed by atoms with Gasteiger partial charge in [0, 0.05) is 30.1 Å². The first kappa shape index (κ1) is 23.7. The number of anilines is 1. The molecule has 4 rings (SSSR count). The van der Waals surface area contributed by atoms with Crippen LogP contribution in [-0.4, -0.2) is 22.0 Å². The number of carbonyl (C=O) groups is 2. The molecule has 2 aromatic carbocycles. The number of nitrogens with one attached hydrogen (secondary N) is 1. The van der Waals surface area contributed by atoms with Crippen LogP contribution in [-0.2, 0) is 16.0 Å². The van der Waals surface area contributed by atoms with Crippen molar-refractivity contribution in [3.8, 4) is 11.1 Å². The van der Waals surface area contributed by atoms with Crippen molar-refractivity contribution >= 4 is 17.6 Å². The summed E-state index contributed by atoms with van der Waals surface area (Å²) in [6.07, 6.45) is 8.63. The first-order chi connectivity index (χ1) is 16.4. The quantitative estimate of drug-likeness (QED) is 0.417. The Morgan fingerprint density at radius 3 is 2.47 bits per heavy atom. The van der Waals surface area contributed by atoms with Gasteiger partial charge in [0.25, 0.3) is 0 Å². The zero-order valence-electron chi connectivity index (χ0n) is 19.9. The summed E-state index contributed by atoms with van der Waals surface area (Å²) in [5.74, 6) is -0.703. The minimum atomic E-state index is -0.819. The molecular weight excluding hydrogens is 424 g/mol. The standard InChI is InChI=1S/C29H32N2O3/c1-19-16-17-30-18-25(19)22-10-12-24(13-11-22)28(23-6-3-4-7-23)29(34)31-26-9-5-8-21(20(26)2)14-15-27(32)33/h5,8-13,16-18,23,28H,3-4,6-7,14-15H2,1-2H3,(H,31,34)(H,32,33). The Hall–Kier alpha value is -3.47. The molecular formula is C29H32N2O3. The Bertz CT molecular complexity index is 1160. The molecule has 176 valence electrons. The molecule has 0 bridgehead atoms. The van der Waals surface area contributed by atoms with Crippen molar-refractivity contribution in [2.45, 2.75) is 58.3 Å². The smallest absolute Gasteiger partial charge is 0.303 e. The third kappa shape index (κ3) is 5.36. The molecule has 5 heteroatoms. The van der Waals surface area contributed by atoms with Crippen molar-refractivity contribution in [1.29, 1.82) is 0 Å². The Balaban J connectivity index is 1.59. The van der Waals surface area contributed by atoms with Gasteiger partial charge in [0.05, 0.1) is 5.92 Å². The lowest BCUT2D eigenvalue weighted by Gasteiger charge is -2.24. The second-order valence-electron chi connectivity index (χ2n) is 9.31. The molecule has 3 aromatic rings. The molecule has 5 nitrogen and oxygen atoms in total. The number of hydrogen-bond acceptors (Lipinski definition) is 3. The van der Waals surface area contributed by atoms with E-state index in [0.717, 1.165) is 59.2 Å². The molecule has 1 heterocycles. The van der Waals surface area contributed by atoms with Crippen LogP contribution < -0.4 is 5.32 Å². The average molecular weight is 457 g/mol. The van der Waals surface area contributed by atoms with Crippen LogP contribution in [0.2, 0.25) is 0 Å². The van der Waals surface area contributed by atoms with E-state index in [1.165, 1.54) is 5.56 Å². The number of aromatic nitrogens is 1. The van der Waals surface area contributed by atoms with E-state index >= 15 is 0 Å². The number of pyridine rings is 1. The fraction of sp³-hybridized carbons (Fsp3) is 0.345. The van der Waals surface area contributed by atoms with E-state index < -0.39 is 5.97 Å². The van der Waals surface area contributed by atoms with Crippen LogP contribution in [0.4, 0.5) is 5.69 Å². The van der Waals surface area contributed by atoms with Gasteiger partial charge in [-0.15, -0.1) is 0 Å². The Kier molecular flexibility index (Phi) is 7.41.